The summed E-state index contributed by atoms with van der Waals surface area (Å²) in [6.07, 6.45) is -0.881. The maximum atomic E-state index is 12.6. The summed E-state index contributed by atoms with van der Waals surface area (Å²) in [6, 6.07) is 18.5. The summed E-state index contributed by atoms with van der Waals surface area (Å²) in [4.78, 5) is 7.72. The number of anilines is 1. The van der Waals surface area contributed by atoms with Gasteiger partial charge in [-0.2, -0.15) is 13.2 Å². The second-order valence-electron chi connectivity index (χ2n) is 6.39. The van der Waals surface area contributed by atoms with Crippen LogP contribution >= 0.6 is 0 Å². The Labute approximate surface area is 159 Å². The molecule has 0 bridgehead atoms. The normalized spacial score (nSPS) is 12.1. The Morgan fingerprint density at radius 2 is 1.64 bits per heavy atom. The van der Waals surface area contributed by atoms with Crippen LogP contribution in [0.5, 0.6) is 0 Å². The molecule has 0 amide bonds. The van der Waals surface area contributed by atoms with Gasteiger partial charge >= 0.3 is 6.18 Å². The zero-order valence-electron chi connectivity index (χ0n) is 14.7. The molecular weight excluding hydrogens is 363 g/mol. The molecular formula is C22H16F3N3. The smallest absolute Gasteiger partial charge is 0.398 e. The van der Waals surface area contributed by atoms with E-state index in [4.69, 9.17) is 5.73 Å². The fourth-order valence-electron chi connectivity index (χ4n) is 2.99. The molecule has 3 aromatic carbocycles. The summed E-state index contributed by atoms with van der Waals surface area (Å²) in [7, 11) is 0. The molecule has 4 rings (SSSR count). The number of H-pyrrole nitrogens is 1. The molecule has 0 aliphatic rings. The van der Waals surface area contributed by atoms with Crippen LogP contribution in [0.4, 0.5) is 18.9 Å². The highest BCUT2D eigenvalue weighted by Gasteiger charge is 2.29. The van der Waals surface area contributed by atoms with Crippen LogP contribution in [0.25, 0.3) is 34.3 Å². The Bertz CT molecular complexity index is 1160. The topological polar surface area (TPSA) is 54.7 Å². The van der Waals surface area contributed by atoms with Gasteiger partial charge < -0.3 is 10.7 Å². The number of imidazole rings is 1. The first-order valence-electron chi connectivity index (χ1n) is 8.60. The number of halogens is 3. The Hall–Kier alpha value is -3.54. The number of nitrogens with zero attached hydrogens (tertiary/aromatic N) is 1. The number of nitrogens with two attached hydrogens (primary N) is 1. The first-order valence-corrected chi connectivity index (χ1v) is 8.60. The van der Waals surface area contributed by atoms with Crippen LogP contribution in [0.2, 0.25) is 0 Å². The van der Waals surface area contributed by atoms with E-state index >= 15 is 0 Å². The average Bonchev–Trinajstić information content (AvgIpc) is 3.08. The lowest BCUT2D eigenvalue weighted by Gasteiger charge is -2.05. The van der Waals surface area contributed by atoms with Crippen LogP contribution in [0.1, 0.15) is 17.0 Å². The molecule has 3 nitrogen and oxygen atoms in total. The van der Waals surface area contributed by atoms with Crippen molar-refractivity contribution in [2.45, 2.75) is 6.18 Å². The van der Waals surface area contributed by atoms with E-state index in [9.17, 15) is 13.2 Å². The van der Waals surface area contributed by atoms with Crippen LogP contribution in [0.15, 0.2) is 66.7 Å². The van der Waals surface area contributed by atoms with Crippen molar-refractivity contribution in [1.29, 1.82) is 0 Å². The van der Waals surface area contributed by atoms with E-state index < -0.39 is 11.7 Å². The number of para-hydroxylation sites is 1. The van der Waals surface area contributed by atoms with Gasteiger partial charge in [0.1, 0.15) is 5.82 Å². The van der Waals surface area contributed by atoms with E-state index in [1.165, 1.54) is 12.1 Å². The molecule has 0 spiro atoms. The maximum absolute atomic E-state index is 12.6. The Balaban J connectivity index is 1.60. The van der Waals surface area contributed by atoms with Crippen molar-refractivity contribution in [3.63, 3.8) is 0 Å². The van der Waals surface area contributed by atoms with E-state index in [1.807, 2.05) is 42.5 Å². The number of nitrogen functional groups attached to an aromatic ring is 1. The number of fused-ring (bicyclic) bond motifs is 1. The minimum Gasteiger partial charge on any atom is -0.398 e. The molecule has 6 heteroatoms. The first-order chi connectivity index (χ1) is 13.4. The Kier molecular flexibility index (Phi) is 4.39. The first kappa shape index (κ1) is 17.9. The molecule has 4 aromatic rings. The molecule has 140 valence electrons. The molecule has 0 saturated heterocycles. The van der Waals surface area contributed by atoms with E-state index in [0.29, 0.717) is 17.1 Å². The predicted molar refractivity (Wildman–Crippen MR) is 106 cm³/mol. The largest absolute Gasteiger partial charge is 0.416 e. The Morgan fingerprint density at radius 1 is 0.893 bits per heavy atom. The molecule has 1 heterocycles. The zero-order chi connectivity index (χ0) is 19.7. The van der Waals surface area contributed by atoms with Gasteiger partial charge in [0.25, 0.3) is 0 Å². The molecule has 0 radical (unpaired) electrons. The van der Waals surface area contributed by atoms with Crippen molar-refractivity contribution >= 4 is 28.9 Å². The van der Waals surface area contributed by atoms with Crippen LogP contribution < -0.4 is 5.73 Å². The van der Waals surface area contributed by atoms with Gasteiger partial charge in [-0.15, -0.1) is 0 Å². The van der Waals surface area contributed by atoms with Gasteiger partial charge in [0.2, 0.25) is 0 Å². The van der Waals surface area contributed by atoms with Crippen LogP contribution in [-0.2, 0) is 6.18 Å². The number of aromatic nitrogens is 2. The third-order valence-electron chi connectivity index (χ3n) is 4.44. The molecule has 0 fully saturated rings. The predicted octanol–water partition coefficient (Wildman–Crippen LogP) is 6.00. The molecule has 1 aromatic heterocycles. The summed E-state index contributed by atoms with van der Waals surface area (Å²) < 4.78 is 37.9. The quantitative estimate of drug-likeness (QED) is 0.429. The molecule has 0 saturated carbocycles. The number of benzene rings is 3. The molecule has 0 aliphatic heterocycles. The molecule has 0 unspecified atom stereocenters. The van der Waals surface area contributed by atoms with Crippen molar-refractivity contribution in [3.05, 3.63) is 83.7 Å². The molecule has 0 atom stereocenters. The second kappa shape index (κ2) is 6.88. The van der Waals surface area contributed by atoms with E-state index in [-0.39, 0.29) is 0 Å². The monoisotopic (exact) mass is 379 g/mol. The second-order valence-corrected chi connectivity index (χ2v) is 6.39. The number of alkyl halides is 3. The fraction of sp³-hybridized carbons (Fsp3) is 0.0455. The van der Waals surface area contributed by atoms with Gasteiger partial charge in [-0.05, 0) is 47.5 Å². The lowest BCUT2D eigenvalue weighted by atomic mass is 10.0. The van der Waals surface area contributed by atoms with Crippen molar-refractivity contribution in [2.24, 2.45) is 0 Å². The van der Waals surface area contributed by atoms with Crippen LogP contribution in [0.3, 0.4) is 0 Å². The number of rotatable bonds is 3. The average molecular weight is 379 g/mol. The van der Waals surface area contributed by atoms with Gasteiger partial charge in [-0.25, -0.2) is 4.98 Å². The van der Waals surface area contributed by atoms with Crippen molar-refractivity contribution < 1.29 is 13.2 Å². The molecule has 28 heavy (non-hydrogen) atoms. The minimum absolute atomic E-state index is 0.619. The number of hydrogen-bond acceptors (Lipinski definition) is 2. The molecule has 3 N–H and O–H groups in total. The van der Waals surface area contributed by atoms with Gasteiger partial charge in [0.05, 0.1) is 16.6 Å². The summed E-state index contributed by atoms with van der Waals surface area (Å²) in [6.45, 7) is 0. The zero-order valence-corrected chi connectivity index (χ0v) is 14.7. The summed E-state index contributed by atoms with van der Waals surface area (Å²) in [5.74, 6) is 0.619. The number of hydrogen-bond donors (Lipinski definition) is 2. The number of aromatic amines is 1. The van der Waals surface area contributed by atoms with Crippen molar-refractivity contribution in [2.75, 3.05) is 5.73 Å². The summed E-state index contributed by atoms with van der Waals surface area (Å²) in [5.41, 5.74) is 10.3. The van der Waals surface area contributed by atoms with Crippen LogP contribution in [0, 0.1) is 0 Å². The summed E-state index contributed by atoms with van der Waals surface area (Å²) >= 11 is 0. The number of nitrogens with one attached hydrogen (secondary N) is 1. The standard InChI is InChI=1S/C22H16F3N3/c23-22(24,25)16-9-5-14(6-10-16)7-12-21-27-19-11-8-15(13-20(19)28-21)17-3-1-2-4-18(17)26/h1-13H,26H2,(H,27,28). The summed E-state index contributed by atoms with van der Waals surface area (Å²) in [5, 5.41) is 0. The fourth-order valence-corrected chi connectivity index (χ4v) is 2.99. The van der Waals surface area contributed by atoms with E-state index in [0.717, 1.165) is 34.3 Å². The SMILES string of the molecule is Nc1ccccc1-c1ccc2[nH]c(C=Cc3ccc(C(F)(F)F)cc3)nc2c1. The Morgan fingerprint density at radius 3 is 2.36 bits per heavy atom. The highest BCUT2D eigenvalue weighted by Crippen LogP contribution is 2.30. The minimum atomic E-state index is -4.33. The van der Waals surface area contributed by atoms with Gasteiger partial charge in [0, 0.05) is 11.3 Å². The molecule has 0 aliphatic carbocycles. The lowest BCUT2D eigenvalue weighted by molar-refractivity contribution is -0.137. The van der Waals surface area contributed by atoms with Gasteiger partial charge in [0.15, 0.2) is 0 Å². The van der Waals surface area contributed by atoms with Crippen molar-refractivity contribution in [1.82, 2.24) is 9.97 Å². The van der Waals surface area contributed by atoms with E-state index in [2.05, 4.69) is 9.97 Å². The lowest BCUT2D eigenvalue weighted by Crippen LogP contribution is -2.03. The van der Waals surface area contributed by atoms with Crippen LogP contribution in [-0.4, -0.2) is 9.97 Å². The highest BCUT2D eigenvalue weighted by molar-refractivity contribution is 5.86. The van der Waals surface area contributed by atoms with E-state index in [1.54, 1.807) is 12.2 Å². The van der Waals surface area contributed by atoms with Gasteiger partial charge in [-0.3, -0.25) is 0 Å². The maximum Gasteiger partial charge on any atom is 0.416 e. The highest BCUT2D eigenvalue weighted by atomic mass is 19.4. The third kappa shape index (κ3) is 3.62. The van der Waals surface area contributed by atoms with Crippen molar-refractivity contribution in [3.8, 4) is 11.1 Å². The van der Waals surface area contributed by atoms with Gasteiger partial charge in [-0.1, -0.05) is 42.5 Å². The third-order valence-corrected chi connectivity index (χ3v) is 4.44.